The molecule has 3 aromatic heterocycles. The number of aromatic nitrogens is 5. The van der Waals surface area contributed by atoms with Crippen LogP contribution in [0.15, 0.2) is 5.38 Å². The van der Waals surface area contributed by atoms with E-state index in [1.165, 1.54) is 0 Å². The first-order valence-electron chi connectivity index (χ1n) is 6.65. The number of aryl methyl sites for hydroxylation is 3. The van der Waals surface area contributed by atoms with Gasteiger partial charge in [0.25, 0.3) is 0 Å². The fourth-order valence-corrected chi connectivity index (χ4v) is 3.46. The molecule has 0 saturated heterocycles. The van der Waals surface area contributed by atoms with E-state index in [1.54, 1.807) is 11.3 Å². The van der Waals surface area contributed by atoms with Gasteiger partial charge in [0.05, 0.1) is 12.2 Å². The lowest BCUT2D eigenvalue weighted by atomic mass is 10.2. The lowest BCUT2D eigenvalue weighted by Gasteiger charge is -2.01. The molecule has 0 unspecified atom stereocenters. The molecular formula is C13H17N5S2. The number of nitrogens with zero attached hydrogens (tertiary/aromatic N) is 4. The predicted molar refractivity (Wildman–Crippen MR) is 83.8 cm³/mol. The van der Waals surface area contributed by atoms with Crippen molar-refractivity contribution < 1.29 is 0 Å². The number of fused-ring (bicyclic) bond motifs is 1. The van der Waals surface area contributed by atoms with Gasteiger partial charge in [0.2, 0.25) is 0 Å². The first kappa shape index (κ1) is 13.5. The molecule has 0 aliphatic carbocycles. The van der Waals surface area contributed by atoms with Crippen molar-refractivity contribution in [3.05, 3.63) is 26.5 Å². The molecule has 3 heterocycles. The zero-order valence-corrected chi connectivity index (χ0v) is 13.4. The first-order valence-corrected chi connectivity index (χ1v) is 7.94. The second-order valence-corrected chi connectivity index (χ2v) is 6.25. The topological polar surface area (TPSA) is 51.4 Å². The van der Waals surface area contributed by atoms with E-state index in [4.69, 9.17) is 12.2 Å². The van der Waals surface area contributed by atoms with Gasteiger partial charge >= 0.3 is 0 Å². The van der Waals surface area contributed by atoms with Crippen LogP contribution in [-0.2, 0) is 20.0 Å². The van der Waals surface area contributed by atoms with Gasteiger partial charge in [-0.05, 0) is 25.6 Å². The molecule has 3 aromatic rings. The molecule has 1 N–H and O–H groups in total. The van der Waals surface area contributed by atoms with E-state index in [0.717, 1.165) is 45.2 Å². The Kier molecular flexibility index (Phi) is 3.47. The number of H-pyrrole nitrogens is 1. The van der Waals surface area contributed by atoms with E-state index in [0.29, 0.717) is 6.54 Å². The van der Waals surface area contributed by atoms with Crippen molar-refractivity contribution in [2.45, 2.75) is 33.2 Å². The Labute approximate surface area is 126 Å². The normalized spacial score (nSPS) is 11.6. The molecule has 0 atom stereocenters. The van der Waals surface area contributed by atoms with Crippen molar-refractivity contribution in [1.29, 1.82) is 0 Å². The van der Waals surface area contributed by atoms with Crippen LogP contribution in [0.2, 0.25) is 0 Å². The third-order valence-corrected chi connectivity index (χ3v) is 4.54. The summed E-state index contributed by atoms with van der Waals surface area (Å²) in [4.78, 5) is 7.81. The molecule has 0 aliphatic heterocycles. The van der Waals surface area contributed by atoms with E-state index in [-0.39, 0.29) is 0 Å². The van der Waals surface area contributed by atoms with Crippen LogP contribution in [0.4, 0.5) is 0 Å². The summed E-state index contributed by atoms with van der Waals surface area (Å²) < 4.78 is 4.72. The average molecular weight is 307 g/mol. The number of imidazole rings is 1. The molecule has 0 saturated carbocycles. The average Bonchev–Trinajstić information content (AvgIpc) is 3.02. The quantitative estimate of drug-likeness (QED) is 0.753. The lowest BCUT2D eigenvalue weighted by Crippen LogP contribution is -2.04. The SMILES string of the molecule is CCCc1nn(C)c2c1[nH]c(=S)n2Cc1nc(C)cs1. The minimum absolute atomic E-state index is 0.697. The summed E-state index contributed by atoms with van der Waals surface area (Å²) in [7, 11) is 1.97. The summed E-state index contributed by atoms with van der Waals surface area (Å²) in [6, 6.07) is 0. The highest BCUT2D eigenvalue weighted by molar-refractivity contribution is 7.71. The summed E-state index contributed by atoms with van der Waals surface area (Å²) in [5.74, 6) is 0. The lowest BCUT2D eigenvalue weighted by molar-refractivity contribution is 0.701. The maximum atomic E-state index is 5.46. The second kappa shape index (κ2) is 5.14. The molecular weight excluding hydrogens is 290 g/mol. The van der Waals surface area contributed by atoms with Crippen molar-refractivity contribution >= 4 is 34.7 Å². The van der Waals surface area contributed by atoms with Crippen LogP contribution in [0.5, 0.6) is 0 Å². The van der Waals surface area contributed by atoms with Gasteiger partial charge in [0.15, 0.2) is 10.4 Å². The molecule has 0 bridgehead atoms. The highest BCUT2D eigenvalue weighted by Gasteiger charge is 2.15. The summed E-state index contributed by atoms with van der Waals surface area (Å²) in [6.07, 6.45) is 2.03. The first-order chi connectivity index (χ1) is 9.60. The summed E-state index contributed by atoms with van der Waals surface area (Å²) >= 11 is 7.13. The maximum absolute atomic E-state index is 5.46. The Morgan fingerprint density at radius 3 is 2.90 bits per heavy atom. The fourth-order valence-electron chi connectivity index (χ4n) is 2.45. The van der Waals surface area contributed by atoms with Gasteiger partial charge < -0.3 is 4.98 Å². The highest BCUT2D eigenvalue weighted by atomic mass is 32.1. The van der Waals surface area contributed by atoms with Crippen LogP contribution in [0.25, 0.3) is 11.2 Å². The van der Waals surface area contributed by atoms with Crippen LogP contribution in [0.1, 0.15) is 29.7 Å². The molecule has 0 aromatic carbocycles. The van der Waals surface area contributed by atoms with Gasteiger partial charge in [-0.15, -0.1) is 11.3 Å². The van der Waals surface area contributed by atoms with Gasteiger partial charge in [-0.2, -0.15) is 5.10 Å². The zero-order valence-electron chi connectivity index (χ0n) is 11.8. The standard InChI is InChI=1S/C13H17N5S2/c1-4-5-9-11-12(17(3)16-9)18(13(19)15-11)6-10-14-8(2)7-20-10/h7H,4-6H2,1-3H3,(H,15,19). The Bertz CT molecular complexity index is 805. The molecule has 106 valence electrons. The van der Waals surface area contributed by atoms with E-state index < -0.39 is 0 Å². The van der Waals surface area contributed by atoms with E-state index in [2.05, 4.69) is 31.9 Å². The van der Waals surface area contributed by atoms with Gasteiger partial charge in [-0.25, -0.2) is 4.98 Å². The van der Waals surface area contributed by atoms with E-state index >= 15 is 0 Å². The maximum Gasteiger partial charge on any atom is 0.179 e. The number of rotatable bonds is 4. The van der Waals surface area contributed by atoms with Crippen LogP contribution in [0, 0.1) is 11.7 Å². The number of hydrogen-bond acceptors (Lipinski definition) is 4. The Hall–Kier alpha value is -1.47. The minimum Gasteiger partial charge on any atom is -0.328 e. The molecule has 7 heteroatoms. The van der Waals surface area contributed by atoms with Crippen LogP contribution >= 0.6 is 23.6 Å². The Morgan fingerprint density at radius 1 is 1.45 bits per heavy atom. The summed E-state index contributed by atoms with van der Waals surface area (Å²) in [5.41, 5.74) is 4.25. The molecule has 0 spiro atoms. The Morgan fingerprint density at radius 2 is 2.25 bits per heavy atom. The van der Waals surface area contributed by atoms with Crippen molar-refractivity contribution in [3.8, 4) is 0 Å². The van der Waals surface area contributed by atoms with Crippen molar-refractivity contribution in [2.75, 3.05) is 0 Å². The number of aromatic amines is 1. The largest absolute Gasteiger partial charge is 0.328 e. The third kappa shape index (κ3) is 2.20. The second-order valence-electron chi connectivity index (χ2n) is 4.92. The van der Waals surface area contributed by atoms with Gasteiger partial charge in [0, 0.05) is 18.1 Å². The highest BCUT2D eigenvalue weighted by Crippen LogP contribution is 2.21. The van der Waals surface area contributed by atoms with Gasteiger partial charge in [-0.3, -0.25) is 9.25 Å². The Balaban J connectivity index is 2.10. The molecule has 0 radical (unpaired) electrons. The molecule has 5 nitrogen and oxygen atoms in total. The minimum atomic E-state index is 0.697. The predicted octanol–water partition coefficient (Wildman–Crippen LogP) is 3.20. The van der Waals surface area contributed by atoms with Crippen molar-refractivity contribution in [2.24, 2.45) is 7.05 Å². The van der Waals surface area contributed by atoms with Crippen LogP contribution in [0.3, 0.4) is 0 Å². The third-order valence-electron chi connectivity index (χ3n) is 3.27. The van der Waals surface area contributed by atoms with Crippen LogP contribution < -0.4 is 0 Å². The van der Waals surface area contributed by atoms with Gasteiger partial charge in [-0.1, -0.05) is 13.3 Å². The number of hydrogen-bond donors (Lipinski definition) is 1. The van der Waals surface area contributed by atoms with E-state index in [1.807, 2.05) is 18.7 Å². The van der Waals surface area contributed by atoms with Crippen LogP contribution in [-0.4, -0.2) is 24.3 Å². The molecule has 0 fully saturated rings. The summed E-state index contributed by atoms with van der Waals surface area (Å²) in [5, 5.41) is 7.72. The monoisotopic (exact) mass is 307 g/mol. The molecule has 0 aliphatic rings. The van der Waals surface area contributed by atoms with Gasteiger partial charge in [0.1, 0.15) is 10.5 Å². The van der Waals surface area contributed by atoms with Crippen molar-refractivity contribution in [1.82, 2.24) is 24.3 Å². The molecule has 0 amide bonds. The van der Waals surface area contributed by atoms with Crippen molar-refractivity contribution in [3.63, 3.8) is 0 Å². The molecule has 3 rings (SSSR count). The molecule has 20 heavy (non-hydrogen) atoms. The van der Waals surface area contributed by atoms with E-state index in [9.17, 15) is 0 Å². The number of thiazole rings is 1. The summed E-state index contributed by atoms with van der Waals surface area (Å²) in [6.45, 7) is 4.86. The fraction of sp³-hybridized carbons (Fsp3) is 0.462. The smallest absolute Gasteiger partial charge is 0.179 e. The zero-order chi connectivity index (χ0) is 14.3. The number of nitrogens with one attached hydrogen (secondary N) is 1.